The summed E-state index contributed by atoms with van der Waals surface area (Å²) in [6, 6.07) is 0. The number of allylic oxidation sites excluding steroid dienone is 1. The van der Waals surface area contributed by atoms with Gasteiger partial charge >= 0.3 is 0 Å². The number of hydrogen-bond donors (Lipinski definition) is 0. The fourth-order valence-corrected chi connectivity index (χ4v) is 4.44. The van der Waals surface area contributed by atoms with Gasteiger partial charge < -0.3 is 18.9 Å². The van der Waals surface area contributed by atoms with E-state index in [2.05, 4.69) is 40.7 Å². The van der Waals surface area contributed by atoms with Crippen LogP contribution in [0.5, 0.6) is 0 Å². The van der Waals surface area contributed by atoms with Gasteiger partial charge in [-0.1, -0.05) is 11.6 Å². The molecule has 132 valence electrons. The van der Waals surface area contributed by atoms with E-state index in [0.717, 1.165) is 25.9 Å². The molecule has 5 unspecified atom stereocenters. The molecule has 23 heavy (non-hydrogen) atoms. The van der Waals surface area contributed by atoms with Crippen LogP contribution in [0.3, 0.4) is 0 Å². The van der Waals surface area contributed by atoms with E-state index in [-0.39, 0.29) is 41.5 Å². The van der Waals surface area contributed by atoms with Crippen molar-refractivity contribution in [3.8, 4) is 0 Å². The lowest BCUT2D eigenvalue weighted by atomic mass is 9.68. The monoisotopic (exact) mass is 324 g/mol. The maximum atomic E-state index is 6.20. The van der Waals surface area contributed by atoms with E-state index in [0.29, 0.717) is 0 Å². The van der Waals surface area contributed by atoms with Gasteiger partial charge in [-0.05, 0) is 53.9 Å². The van der Waals surface area contributed by atoms with Gasteiger partial charge in [-0.15, -0.1) is 0 Å². The normalized spacial score (nSPS) is 45.3. The lowest BCUT2D eigenvalue weighted by Gasteiger charge is -2.43. The molecule has 3 rings (SSSR count). The summed E-state index contributed by atoms with van der Waals surface area (Å²) in [5.41, 5.74) is 1.13. The third-order valence-electron chi connectivity index (χ3n) is 5.68. The molecule has 1 aliphatic carbocycles. The molecule has 1 spiro atoms. The van der Waals surface area contributed by atoms with E-state index in [9.17, 15) is 0 Å². The van der Waals surface area contributed by atoms with Crippen molar-refractivity contribution in [2.24, 2.45) is 5.92 Å². The molecule has 0 aromatic carbocycles. The summed E-state index contributed by atoms with van der Waals surface area (Å²) in [5.74, 6) is 0.244. The Kier molecular flexibility index (Phi) is 4.65. The summed E-state index contributed by atoms with van der Waals surface area (Å²) in [7, 11) is 1.80. The fourth-order valence-electron chi connectivity index (χ4n) is 4.44. The molecule has 0 amide bonds. The van der Waals surface area contributed by atoms with Crippen molar-refractivity contribution in [2.75, 3.05) is 13.7 Å². The lowest BCUT2D eigenvalue weighted by molar-refractivity contribution is -0.151. The Labute approximate surface area is 140 Å². The quantitative estimate of drug-likeness (QED) is 0.554. The van der Waals surface area contributed by atoms with Crippen LogP contribution in [0.15, 0.2) is 11.6 Å². The first-order chi connectivity index (χ1) is 10.8. The highest BCUT2D eigenvalue weighted by Crippen LogP contribution is 2.59. The number of rotatable bonds is 6. The van der Waals surface area contributed by atoms with Crippen LogP contribution < -0.4 is 0 Å². The molecular formula is C19H32O4. The highest BCUT2D eigenvalue weighted by molar-refractivity contribution is 5.20. The largest absolute Gasteiger partial charge is 0.378 e. The molecule has 4 nitrogen and oxygen atoms in total. The minimum absolute atomic E-state index is 0.0374. The van der Waals surface area contributed by atoms with Gasteiger partial charge in [0.15, 0.2) is 0 Å². The van der Waals surface area contributed by atoms with Crippen molar-refractivity contribution < 1.29 is 18.9 Å². The van der Waals surface area contributed by atoms with Crippen molar-refractivity contribution in [1.82, 2.24) is 0 Å². The van der Waals surface area contributed by atoms with Crippen LogP contribution in [0.25, 0.3) is 0 Å². The van der Waals surface area contributed by atoms with Crippen LogP contribution in [0.4, 0.5) is 0 Å². The maximum absolute atomic E-state index is 6.20. The number of ether oxygens (including phenoxy) is 4. The van der Waals surface area contributed by atoms with Crippen LogP contribution in [0.1, 0.15) is 53.9 Å². The second-order valence-corrected chi connectivity index (χ2v) is 8.10. The topological polar surface area (TPSA) is 43.5 Å². The Morgan fingerprint density at radius 3 is 2.57 bits per heavy atom. The molecule has 2 heterocycles. The summed E-state index contributed by atoms with van der Waals surface area (Å²) >= 11 is 0. The van der Waals surface area contributed by atoms with Crippen LogP contribution in [-0.2, 0) is 18.9 Å². The smallest absolute Gasteiger partial charge is 0.101 e. The minimum atomic E-state index is -0.165. The first-order valence-electron chi connectivity index (χ1n) is 8.96. The molecule has 0 bridgehead atoms. The average Bonchev–Trinajstić information content (AvgIpc) is 3.37. The van der Waals surface area contributed by atoms with Gasteiger partial charge in [0.2, 0.25) is 0 Å². The molecule has 0 aromatic rings. The van der Waals surface area contributed by atoms with Gasteiger partial charge in [0, 0.05) is 7.11 Å². The number of hydrogen-bond acceptors (Lipinski definition) is 4. The van der Waals surface area contributed by atoms with Gasteiger partial charge in [0.05, 0.1) is 42.5 Å². The van der Waals surface area contributed by atoms with Gasteiger partial charge in [0.25, 0.3) is 0 Å². The zero-order valence-electron chi connectivity index (χ0n) is 15.4. The lowest BCUT2D eigenvalue weighted by Crippen LogP contribution is -2.55. The highest BCUT2D eigenvalue weighted by atomic mass is 16.6. The molecule has 0 N–H and O–H groups in total. The van der Waals surface area contributed by atoms with Crippen LogP contribution >= 0.6 is 0 Å². The second-order valence-electron chi connectivity index (χ2n) is 8.10. The first kappa shape index (κ1) is 17.4. The summed E-state index contributed by atoms with van der Waals surface area (Å²) in [6.07, 6.45) is 5.92. The van der Waals surface area contributed by atoms with Gasteiger partial charge in [0.1, 0.15) is 5.60 Å². The molecular weight excluding hydrogens is 292 g/mol. The molecule has 2 saturated heterocycles. The van der Waals surface area contributed by atoms with Gasteiger partial charge in [-0.25, -0.2) is 0 Å². The first-order valence-corrected chi connectivity index (χ1v) is 8.96. The van der Waals surface area contributed by atoms with E-state index in [1.165, 1.54) is 5.57 Å². The van der Waals surface area contributed by atoms with E-state index in [1.807, 2.05) is 0 Å². The zero-order chi connectivity index (χ0) is 16.8. The summed E-state index contributed by atoms with van der Waals surface area (Å²) in [4.78, 5) is 0. The van der Waals surface area contributed by atoms with E-state index in [1.54, 1.807) is 7.11 Å². The molecule has 6 atom stereocenters. The molecule has 2 aliphatic heterocycles. The third-order valence-corrected chi connectivity index (χ3v) is 5.68. The number of methoxy groups -OCH3 is 1. The van der Waals surface area contributed by atoms with Crippen molar-refractivity contribution in [3.63, 3.8) is 0 Å². The van der Waals surface area contributed by atoms with Crippen molar-refractivity contribution in [2.45, 2.75) is 89.5 Å². The predicted octanol–water partition coefficient (Wildman–Crippen LogP) is 3.49. The van der Waals surface area contributed by atoms with E-state index < -0.39 is 0 Å². The molecule has 4 heteroatoms. The summed E-state index contributed by atoms with van der Waals surface area (Å²) < 4.78 is 24.2. The number of epoxide rings is 2. The second kappa shape index (κ2) is 6.14. The Morgan fingerprint density at radius 1 is 1.35 bits per heavy atom. The molecule has 3 fully saturated rings. The molecule has 3 aliphatic rings. The third kappa shape index (κ3) is 3.23. The summed E-state index contributed by atoms with van der Waals surface area (Å²) in [5, 5.41) is 0. The Bertz CT molecular complexity index is 464. The predicted molar refractivity (Wildman–Crippen MR) is 89.5 cm³/mol. The zero-order valence-corrected chi connectivity index (χ0v) is 15.4. The molecule has 0 radical (unpaired) electrons. The summed E-state index contributed by atoms with van der Waals surface area (Å²) in [6.45, 7) is 11.5. The maximum Gasteiger partial charge on any atom is 0.101 e. The van der Waals surface area contributed by atoms with Gasteiger partial charge in [-0.3, -0.25) is 0 Å². The minimum Gasteiger partial charge on any atom is -0.378 e. The van der Waals surface area contributed by atoms with Crippen LogP contribution in [-0.4, -0.2) is 49.3 Å². The van der Waals surface area contributed by atoms with E-state index in [4.69, 9.17) is 18.9 Å². The SMILES string of the molecule is COC1C(OC(C)C)CCC2(CO2)C1C1(C)O[C@@H]1CC=C(C)C. The Morgan fingerprint density at radius 2 is 2.04 bits per heavy atom. The van der Waals surface area contributed by atoms with Crippen molar-refractivity contribution >= 4 is 0 Å². The van der Waals surface area contributed by atoms with Crippen LogP contribution in [0.2, 0.25) is 0 Å². The Balaban J connectivity index is 1.78. The average molecular weight is 324 g/mol. The highest BCUT2D eigenvalue weighted by Gasteiger charge is 2.71. The Hall–Kier alpha value is -0.420. The van der Waals surface area contributed by atoms with Crippen molar-refractivity contribution in [1.29, 1.82) is 0 Å². The van der Waals surface area contributed by atoms with Crippen molar-refractivity contribution in [3.05, 3.63) is 11.6 Å². The molecule has 1 saturated carbocycles. The van der Waals surface area contributed by atoms with E-state index >= 15 is 0 Å². The fraction of sp³-hybridized carbons (Fsp3) is 0.895. The van der Waals surface area contributed by atoms with Crippen LogP contribution in [0, 0.1) is 5.92 Å². The standard InChI is InChI=1S/C19H32O4/c1-12(2)7-8-15-18(5,23-15)17-16(20-6)14(22-13(3)4)9-10-19(17)11-21-19/h7,13-17H,8-11H2,1-6H3/t14?,15-,16?,17?,18?,19?/m1/s1. The van der Waals surface area contributed by atoms with Gasteiger partial charge in [-0.2, -0.15) is 0 Å². The molecule has 0 aromatic heterocycles.